The first kappa shape index (κ1) is 33.5. The van der Waals surface area contributed by atoms with Crippen molar-refractivity contribution in [2.45, 2.75) is 72.4 Å². The predicted octanol–water partition coefficient (Wildman–Crippen LogP) is 10.5. The Balaban J connectivity index is 1.39. The highest BCUT2D eigenvalue weighted by molar-refractivity contribution is 6.36. The lowest BCUT2D eigenvalue weighted by molar-refractivity contribution is 0.0932. The molecule has 0 aliphatic carbocycles. The minimum atomic E-state index is -0.505. The number of anilines is 1. The number of nitrogens with zero attached hydrogens (tertiary/aromatic N) is 1. The molecule has 3 aromatic carbocycles. The van der Waals surface area contributed by atoms with Gasteiger partial charge < -0.3 is 10.6 Å². The van der Waals surface area contributed by atoms with E-state index in [0.29, 0.717) is 27.9 Å². The molecule has 4 aromatic rings. The molecule has 0 spiro atoms. The molecule has 0 aliphatic heterocycles. The highest BCUT2D eigenvalue weighted by Crippen LogP contribution is 2.38. The van der Waals surface area contributed by atoms with Crippen LogP contribution in [-0.4, -0.2) is 16.9 Å². The van der Waals surface area contributed by atoms with Crippen molar-refractivity contribution >= 4 is 34.9 Å². The molecular weight excluding hydrogens is 592 g/mol. The van der Waals surface area contributed by atoms with Crippen LogP contribution in [0.1, 0.15) is 80.0 Å². The molecule has 2 N–H and O–H groups in total. The molecule has 0 fully saturated rings. The second kappa shape index (κ2) is 15.5. The van der Waals surface area contributed by atoms with E-state index in [-0.39, 0.29) is 28.9 Å². The molecule has 0 radical (unpaired) electrons. The van der Waals surface area contributed by atoms with Gasteiger partial charge in [-0.15, -0.1) is 0 Å². The highest BCUT2D eigenvalue weighted by Gasteiger charge is 2.24. The quantitative estimate of drug-likeness (QED) is 0.144. The normalized spacial score (nSPS) is 13.4. The molecular formula is C37H42Cl2FN3O. The van der Waals surface area contributed by atoms with E-state index in [9.17, 15) is 9.18 Å². The van der Waals surface area contributed by atoms with Crippen LogP contribution in [0.5, 0.6) is 0 Å². The molecule has 44 heavy (non-hydrogen) atoms. The lowest BCUT2D eigenvalue weighted by Crippen LogP contribution is -2.34. The first-order chi connectivity index (χ1) is 21.1. The zero-order valence-corrected chi connectivity index (χ0v) is 27.6. The number of aryl methyl sites for hydroxylation is 1. The maximum Gasteiger partial charge on any atom is 0.251 e. The number of carbonyl (C=O) groups excluding carboxylic acids is 1. The van der Waals surface area contributed by atoms with E-state index in [4.69, 9.17) is 23.2 Å². The Morgan fingerprint density at radius 3 is 2.27 bits per heavy atom. The fourth-order valence-corrected chi connectivity index (χ4v) is 6.10. The Kier molecular flexibility index (Phi) is 11.8. The summed E-state index contributed by atoms with van der Waals surface area (Å²) in [7, 11) is 0. The van der Waals surface area contributed by atoms with E-state index in [1.807, 2.05) is 57.2 Å². The van der Waals surface area contributed by atoms with Gasteiger partial charge in [0.2, 0.25) is 0 Å². The minimum Gasteiger partial charge on any atom is -0.363 e. The van der Waals surface area contributed by atoms with Crippen LogP contribution in [0, 0.1) is 24.6 Å². The van der Waals surface area contributed by atoms with Crippen LogP contribution in [0.3, 0.4) is 0 Å². The zero-order chi connectivity index (χ0) is 31.8. The Morgan fingerprint density at radius 2 is 1.64 bits per heavy atom. The maximum atomic E-state index is 14.3. The molecule has 0 bridgehead atoms. The van der Waals surface area contributed by atoms with Gasteiger partial charge in [0.1, 0.15) is 11.6 Å². The number of amides is 1. The number of hydrogen-bond acceptors (Lipinski definition) is 3. The average molecular weight is 635 g/mol. The Bertz CT molecular complexity index is 1540. The molecule has 0 aliphatic rings. The van der Waals surface area contributed by atoms with Crippen molar-refractivity contribution in [3.8, 4) is 11.1 Å². The molecule has 1 aromatic heterocycles. The number of aromatic nitrogens is 1. The summed E-state index contributed by atoms with van der Waals surface area (Å²) < 4.78 is 14.3. The summed E-state index contributed by atoms with van der Waals surface area (Å²) in [6, 6.07) is 22.8. The molecule has 7 heteroatoms. The molecule has 0 saturated carbocycles. The van der Waals surface area contributed by atoms with Gasteiger partial charge in [-0.1, -0.05) is 93.4 Å². The first-order valence-electron chi connectivity index (χ1n) is 15.4. The molecule has 1 amide bonds. The Hall–Kier alpha value is -3.41. The summed E-state index contributed by atoms with van der Waals surface area (Å²) in [5.41, 5.74) is 5.33. The SMILES string of the molecule is CCC(CCC(C)Cc1ccccc1)NC(=O)c1ccc(-c2cnc(NC(c3c(Cl)ccc(F)c3Cl)C(C)C)c(C)c2)cc1. The summed E-state index contributed by atoms with van der Waals surface area (Å²) >= 11 is 12.8. The lowest BCUT2D eigenvalue weighted by atomic mass is 9.94. The highest BCUT2D eigenvalue weighted by atomic mass is 35.5. The maximum absolute atomic E-state index is 14.3. The summed E-state index contributed by atoms with van der Waals surface area (Å²) in [4.78, 5) is 17.7. The summed E-state index contributed by atoms with van der Waals surface area (Å²) in [5, 5.41) is 7.08. The van der Waals surface area contributed by atoms with Gasteiger partial charge in [-0.05, 0) is 91.5 Å². The number of rotatable bonds is 13. The van der Waals surface area contributed by atoms with Gasteiger partial charge in [-0.3, -0.25) is 4.79 Å². The fourth-order valence-electron chi connectivity index (χ4n) is 5.50. The number of nitrogens with one attached hydrogen (secondary N) is 2. The van der Waals surface area contributed by atoms with Crippen molar-refractivity contribution in [1.29, 1.82) is 0 Å². The Labute approximate surface area is 271 Å². The third-order valence-electron chi connectivity index (χ3n) is 8.17. The van der Waals surface area contributed by atoms with Crippen LogP contribution >= 0.6 is 23.2 Å². The van der Waals surface area contributed by atoms with Gasteiger partial charge >= 0.3 is 0 Å². The number of halogens is 3. The van der Waals surface area contributed by atoms with Crippen molar-refractivity contribution in [2.75, 3.05) is 5.32 Å². The smallest absolute Gasteiger partial charge is 0.251 e. The van der Waals surface area contributed by atoms with Crippen molar-refractivity contribution in [1.82, 2.24) is 10.3 Å². The number of carbonyl (C=O) groups is 1. The second-order valence-corrected chi connectivity index (χ2v) is 12.8. The van der Waals surface area contributed by atoms with Crippen LogP contribution in [0.4, 0.5) is 10.2 Å². The van der Waals surface area contributed by atoms with Crippen molar-refractivity contribution < 1.29 is 9.18 Å². The number of hydrogen-bond donors (Lipinski definition) is 2. The lowest BCUT2D eigenvalue weighted by Gasteiger charge is -2.26. The summed E-state index contributed by atoms with van der Waals surface area (Å²) in [6.45, 7) is 10.4. The summed E-state index contributed by atoms with van der Waals surface area (Å²) in [5.74, 6) is 0.728. The van der Waals surface area contributed by atoms with Gasteiger partial charge in [0.25, 0.3) is 5.91 Å². The molecule has 4 rings (SSSR count). The van der Waals surface area contributed by atoms with E-state index in [1.54, 1.807) is 6.20 Å². The van der Waals surface area contributed by atoms with Crippen LogP contribution in [0.25, 0.3) is 11.1 Å². The van der Waals surface area contributed by atoms with E-state index in [2.05, 4.69) is 53.7 Å². The molecule has 4 nitrogen and oxygen atoms in total. The van der Waals surface area contributed by atoms with Gasteiger partial charge in [-0.2, -0.15) is 0 Å². The van der Waals surface area contributed by atoms with Gasteiger partial charge in [0, 0.05) is 34.0 Å². The molecule has 3 unspecified atom stereocenters. The molecule has 0 saturated heterocycles. The topological polar surface area (TPSA) is 54.0 Å². The van der Waals surface area contributed by atoms with Crippen LogP contribution in [-0.2, 0) is 6.42 Å². The first-order valence-corrected chi connectivity index (χ1v) is 16.1. The van der Waals surface area contributed by atoms with E-state index in [1.165, 1.54) is 17.7 Å². The van der Waals surface area contributed by atoms with Crippen molar-refractivity contribution in [3.63, 3.8) is 0 Å². The van der Waals surface area contributed by atoms with E-state index in [0.717, 1.165) is 42.4 Å². The molecule has 3 atom stereocenters. The number of benzene rings is 3. The van der Waals surface area contributed by atoms with Gasteiger partial charge in [0.15, 0.2) is 0 Å². The monoisotopic (exact) mass is 633 g/mol. The standard InChI is InChI=1S/C37H42Cl2FN3O/c1-6-30(17-12-24(4)20-26-10-8-7-9-11-26)42-37(44)28-15-13-27(14-16-28)29-21-25(5)36(41-22-29)43-35(23(2)3)33-31(38)18-19-32(40)34(33)39/h7-11,13-16,18-19,21-24,30,35H,6,12,17,20H2,1-5H3,(H,41,43)(H,42,44). The largest absolute Gasteiger partial charge is 0.363 e. The molecule has 232 valence electrons. The van der Waals surface area contributed by atoms with E-state index < -0.39 is 5.82 Å². The average Bonchev–Trinajstić information content (AvgIpc) is 3.01. The zero-order valence-electron chi connectivity index (χ0n) is 26.1. The second-order valence-electron chi connectivity index (χ2n) is 12.0. The third-order valence-corrected chi connectivity index (χ3v) is 8.88. The van der Waals surface area contributed by atoms with E-state index >= 15 is 0 Å². The van der Waals surface area contributed by atoms with Crippen molar-refractivity contribution in [3.05, 3.63) is 117 Å². The Morgan fingerprint density at radius 1 is 0.932 bits per heavy atom. The van der Waals surface area contributed by atoms with Crippen LogP contribution < -0.4 is 10.6 Å². The predicted molar refractivity (Wildman–Crippen MR) is 182 cm³/mol. The number of pyridine rings is 1. The van der Waals surface area contributed by atoms with Gasteiger partial charge in [-0.25, -0.2) is 9.37 Å². The summed E-state index contributed by atoms with van der Waals surface area (Å²) in [6.07, 6.45) is 5.74. The van der Waals surface area contributed by atoms with Crippen LogP contribution in [0.15, 0.2) is 79.0 Å². The van der Waals surface area contributed by atoms with Crippen molar-refractivity contribution in [2.24, 2.45) is 11.8 Å². The molecule has 1 heterocycles. The van der Waals surface area contributed by atoms with Crippen LogP contribution in [0.2, 0.25) is 10.0 Å². The van der Waals surface area contributed by atoms with Gasteiger partial charge in [0.05, 0.1) is 11.1 Å². The third kappa shape index (κ3) is 8.61. The fraction of sp³-hybridized carbons (Fsp3) is 0.351. The minimum absolute atomic E-state index is 0.0185.